The fraction of sp³-hybridized carbons (Fsp3) is 0.889. The highest BCUT2D eigenvalue weighted by Crippen LogP contribution is 2.67. The van der Waals surface area contributed by atoms with Crippen molar-refractivity contribution >= 4 is 23.8 Å². The maximum atomic E-state index is 13.2. The summed E-state index contributed by atoms with van der Waals surface area (Å²) in [5.74, 6) is 2.56. The number of rotatable bonds is 8. The average molecular weight is 423 g/mol. The average Bonchev–Trinajstić information content (AvgIpc) is 2.47. The second kappa shape index (κ2) is 7.42. The van der Waals surface area contributed by atoms with E-state index in [4.69, 9.17) is 13.6 Å². The van der Waals surface area contributed by atoms with Crippen LogP contribution in [0.2, 0.25) is 0 Å². The molecule has 3 aliphatic rings. The Bertz CT molecular complexity index is 525. The molecule has 6 heteroatoms. The van der Waals surface area contributed by atoms with E-state index in [-0.39, 0.29) is 23.2 Å². The van der Waals surface area contributed by atoms with E-state index in [1.807, 2.05) is 27.7 Å². The van der Waals surface area contributed by atoms with Crippen molar-refractivity contribution in [2.24, 2.45) is 35.0 Å². The summed E-state index contributed by atoms with van der Waals surface area (Å²) in [7, 11) is -3.62. The molecule has 0 saturated heterocycles. The summed E-state index contributed by atoms with van der Waals surface area (Å²) >= 11 is 3.68. The first-order chi connectivity index (χ1) is 11.0. The van der Waals surface area contributed by atoms with Crippen LogP contribution in [-0.2, 0) is 18.1 Å². The Morgan fingerprint density at radius 2 is 1.67 bits per heavy atom. The molecule has 0 aromatic heterocycles. The monoisotopic (exact) mass is 422 g/mol. The predicted molar refractivity (Wildman–Crippen MR) is 101 cm³/mol. The molecule has 1 unspecified atom stereocenters. The largest absolute Gasteiger partial charge is 0.529 e. The van der Waals surface area contributed by atoms with Gasteiger partial charge in [-0.05, 0) is 35.5 Å². The van der Waals surface area contributed by atoms with E-state index in [9.17, 15) is 4.57 Å². The number of fused-ring (bicyclic) bond motifs is 1. The molecule has 1 fully saturated rings. The van der Waals surface area contributed by atoms with E-state index in [1.54, 1.807) is 0 Å². The third kappa shape index (κ3) is 4.11. The summed E-state index contributed by atoms with van der Waals surface area (Å²) in [6, 6.07) is 0. The Morgan fingerprint density at radius 3 is 2.08 bits per heavy atom. The number of halogens is 1. The molecule has 3 atom stereocenters. The van der Waals surface area contributed by atoms with Crippen molar-refractivity contribution in [3.63, 3.8) is 0 Å². The van der Waals surface area contributed by atoms with Crippen LogP contribution in [0, 0.1) is 35.0 Å². The molecule has 0 radical (unpaired) electrons. The first kappa shape index (κ1) is 20.5. The highest BCUT2D eigenvalue weighted by Gasteiger charge is 2.58. The molecule has 3 aliphatic carbocycles. The minimum atomic E-state index is -3.62. The first-order valence-electron chi connectivity index (χ1n) is 8.96. The number of phosphoric acid groups is 1. The molecule has 3 rings (SSSR count). The van der Waals surface area contributed by atoms with Crippen LogP contribution < -0.4 is 0 Å². The van der Waals surface area contributed by atoms with Gasteiger partial charge in [-0.2, -0.15) is 0 Å². The number of hydrogen-bond acceptors (Lipinski definition) is 4. The standard InChI is InChI=1S/C18H32BrO4P/c1-11(2)9-21-24(20,22-10-12(3)4)23-17-15-8-14(18(15,6)7)13(5)16(17)19/h11-15H,8-10H2,1-7H3/t13?,14-,15+/m0/s1. The van der Waals surface area contributed by atoms with Crippen LogP contribution >= 0.6 is 23.8 Å². The lowest BCUT2D eigenvalue weighted by Gasteiger charge is -2.59. The third-order valence-electron chi connectivity index (χ3n) is 5.24. The third-order valence-corrected chi connectivity index (χ3v) is 7.70. The molecule has 0 N–H and O–H groups in total. The molecule has 140 valence electrons. The van der Waals surface area contributed by atoms with Crippen LogP contribution in [0.25, 0.3) is 0 Å². The van der Waals surface area contributed by atoms with Gasteiger partial charge in [0.15, 0.2) is 0 Å². The van der Waals surface area contributed by atoms with Gasteiger partial charge < -0.3 is 4.52 Å². The van der Waals surface area contributed by atoms with E-state index in [2.05, 4.69) is 36.7 Å². The molecule has 24 heavy (non-hydrogen) atoms. The van der Waals surface area contributed by atoms with Crippen molar-refractivity contribution in [1.29, 1.82) is 0 Å². The zero-order chi connectivity index (χ0) is 18.3. The second-order valence-electron chi connectivity index (χ2n) is 8.63. The van der Waals surface area contributed by atoms with Gasteiger partial charge in [0.05, 0.1) is 13.2 Å². The minimum Gasteiger partial charge on any atom is -0.407 e. The summed E-state index contributed by atoms with van der Waals surface area (Å²) in [6.45, 7) is 15.5. The Labute approximate surface area is 155 Å². The van der Waals surface area contributed by atoms with Gasteiger partial charge in [-0.1, -0.05) is 64.4 Å². The molecular weight excluding hydrogens is 391 g/mol. The number of allylic oxidation sites excluding steroid dienone is 2. The van der Waals surface area contributed by atoms with Crippen molar-refractivity contribution in [1.82, 2.24) is 0 Å². The lowest BCUT2D eigenvalue weighted by atomic mass is 9.48. The zero-order valence-corrected chi connectivity index (χ0v) is 18.4. The predicted octanol–water partition coefficient (Wildman–Crippen LogP) is 6.37. The summed E-state index contributed by atoms with van der Waals surface area (Å²) < 4.78 is 31.4. The number of hydrogen-bond donors (Lipinski definition) is 0. The van der Waals surface area contributed by atoms with E-state index < -0.39 is 7.82 Å². The van der Waals surface area contributed by atoms with E-state index in [0.717, 1.165) is 16.7 Å². The van der Waals surface area contributed by atoms with E-state index >= 15 is 0 Å². The van der Waals surface area contributed by atoms with Gasteiger partial charge in [-0.25, -0.2) is 4.57 Å². The first-order valence-corrected chi connectivity index (χ1v) is 11.2. The molecule has 0 amide bonds. The van der Waals surface area contributed by atoms with Gasteiger partial charge in [-0.3, -0.25) is 9.05 Å². The maximum Gasteiger partial charge on any atom is 0.529 e. The molecule has 0 heterocycles. The van der Waals surface area contributed by atoms with Crippen molar-refractivity contribution < 1.29 is 18.1 Å². The molecule has 4 nitrogen and oxygen atoms in total. The van der Waals surface area contributed by atoms with Crippen molar-refractivity contribution in [3.8, 4) is 0 Å². The lowest BCUT2D eigenvalue weighted by molar-refractivity contribution is -0.0615. The van der Waals surface area contributed by atoms with Gasteiger partial charge in [0.1, 0.15) is 5.76 Å². The van der Waals surface area contributed by atoms with Crippen molar-refractivity contribution in [2.45, 2.75) is 54.9 Å². The molecule has 2 bridgehead atoms. The highest BCUT2D eigenvalue weighted by atomic mass is 79.9. The van der Waals surface area contributed by atoms with Gasteiger partial charge in [0.25, 0.3) is 0 Å². The molecule has 0 aliphatic heterocycles. The van der Waals surface area contributed by atoms with Crippen LogP contribution in [0.3, 0.4) is 0 Å². The summed E-state index contributed by atoms with van der Waals surface area (Å²) in [5.41, 5.74) is 0.160. The summed E-state index contributed by atoms with van der Waals surface area (Å²) in [5, 5.41) is 0. The van der Waals surface area contributed by atoms with Crippen LogP contribution in [0.1, 0.15) is 54.9 Å². The Balaban J connectivity index is 2.21. The van der Waals surface area contributed by atoms with Crippen molar-refractivity contribution in [2.75, 3.05) is 13.2 Å². The minimum absolute atomic E-state index is 0.160. The molecule has 1 saturated carbocycles. The normalized spacial score (nSPS) is 29.2. The second-order valence-corrected chi connectivity index (χ2v) is 11.1. The van der Waals surface area contributed by atoms with Gasteiger partial charge in [-0.15, -0.1) is 0 Å². The molecule has 0 aromatic carbocycles. The fourth-order valence-electron chi connectivity index (χ4n) is 3.62. The molecule has 0 aromatic rings. The zero-order valence-electron chi connectivity index (χ0n) is 16.0. The van der Waals surface area contributed by atoms with Gasteiger partial charge >= 0.3 is 7.82 Å². The van der Waals surface area contributed by atoms with E-state index in [1.165, 1.54) is 0 Å². The topological polar surface area (TPSA) is 44.8 Å². The summed E-state index contributed by atoms with van der Waals surface area (Å²) in [4.78, 5) is 0. The Hall–Kier alpha value is 0.170. The smallest absolute Gasteiger partial charge is 0.407 e. The SMILES string of the molecule is CC(C)COP(=O)(OCC(C)C)OC1=C(Br)C(C)[C@@H]2C[C@H]1C2(C)C. The summed E-state index contributed by atoms with van der Waals surface area (Å²) in [6.07, 6.45) is 1.08. The Kier molecular flexibility index (Phi) is 6.33. The quantitative estimate of drug-likeness (QED) is 0.425. The van der Waals surface area contributed by atoms with Crippen LogP contribution in [-0.4, -0.2) is 13.2 Å². The fourth-order valence-corrected chi connectivity index (χ4v) is 6.03. The molecular formula is C18H32BrO4P. The van der Waals surface area contributed by atoms with Gasteiger partial charge in [0, 0.05) is 10.4 Å². The van der Waals surface area contributed by atoms with Crippen molar-refractivity contribution in [3.05, 3.63) is 10.2 Å². The van der Waals surface area contributed by atoms with Crippen LogP contribution in [0.5, 0.6) is 0 Å². The van der Waals surface area contributed by atoms with Gasteiger partial charge in [0.2, 0.25) is 0 Å². The van der Waals surface area contributed by atoms with Crippen LogP contribution in [0.15, 0.2) is 10.2 Å². The lowest BCUT2D eigenvalue weighted by Crippen LogP contribution is -2.52. The molecule has 0 spiro atoms. The highest BCUT2D eigenvalue weighted by molar-refractivity contribution is 9.11. The van der Waals surface area contributed by atoms with Crippen LogP contribution in [0.4, 0.5) is 0 Å². The Morgan fingerprint density at radius 1 is 1.17 bits per heavy atom. The maximum absolute atomic E-state index is 13.2. The van der Waals surface area contributed by atoms with E-state index in [0.29, 0.717) is 25.0 Å². The number of phosphoric ester groups is 1.